The van der Waals surface area contributed by atoms with E-state index >= 15 is 0 Å². The Kier molecular flexibility index (Phi) is 1.95. The molecule has 0 radical (unpaired) electrons. The van der Waals surface area contributed by atoms with Crippen LogP contribution < -0.4 is 5.32 Å². The van der Waals surface area contributed by atoms with Crippen LogP contribution in [0.5, 0.6) is 0 Å². The Labute approximate surface area is 75.9 Å². The molecule has 0 saturated heterocycles. The zero-order valence-electron chi connectivity index (χ0n) is 8.56. The highest BCUT2D eigenvalue weighted by Crippen LogP contribution is 2.58. The van der Waals surface area contributed by atoms with Crippen molar-refractivity contribution in [2.45, 2.75) is 46.1 Å². The van der Waals surface area contributed by atoms with Crippen LogP contribution in [-0.2, 0) is 0 Å². The number of rotatable bonds is 2. The summed E-state index contributed by atoms with van der Waals surface area (Å²) >= 11 is 0. The van der Waals surface area contributed by atoms with Gasteiger partial charge in [-0.1, -0.05) is 27.2 Å². The van der Waals surface area contributed by atoms with Gasteiger partial charge >= 0.3 is 0 Å². The number of hydrogen-bond acceptors (Lipinski definition) is 1. The van der Waals surface area contributed by atoms with Gasteiger partial charge in [0.1, 0.15) is 0 Å². The molecule has 2 rings (SSSR count). The van der Waals surface area contributed by atoms with Gasteiger partial charge < -0.3 is 5.32 Å². The van der Waals surface area contributed by atoms with Crippen molar-refractivity contribution in [1.29, 1.82) is 0 Å². The summed E-state index contributed by atoms with van der Waals surface area (Å²) in [5, 5.41) is 3.64. The quantitative estimate of drug-likeness (QED) is 0.666. The van der Waals surface area contributed by atoms with Crippen LogP contribution in [0.2, 0.25) is 0 Å². The first kappa shape index (κ1) is 8.55. The molecular weight excluding hydrogens is 146 g/mol. The third-order valence-corrected chi connectivity index (χ3v) is 4.18. The Bertz CT molecular complexity index is 174. The highest BCUT2D eigenvalue weighted by Gasteiger charge is 2.56. The zero-order chi connectivity index (χ0) is 8.77. The molecule has 1 heteroatoms. The maximum absolute atomic E-state index is 3.64. The molecule has 2 aliphatic rings. The molecule has 0 amide bonds. The first-order chi connectivity index (χ1) is 5.68. The molecule has 0 aromatic carbocycles. The molecule has 0 heterocycles. The maximum Gasteiger partial charge on any atom is 0.0152 e. The van der Waals surface area contributed by atoms with E-state index in [4.69, 9.17) is 0 Å². The van der Waals surface area contributed by atoms with E-state index in [1.807, 2.05) is 0 Å². The molecule has 0 aromatic heterocycles. The second-order valence-corrected chi connectivity index (χ2v) is 5.06. The van der Waals surface area contributed by atoms with E-state index in [9.17, 15) is 0 Å². The fourth-order valence-corrected chi connectivity index (χ4v) is 3.61. The predicted octanol–water partition coefficient (Wildman–Crippen LogP) is 2.42. The van der Waals surface area contributed by atoms with E-state index in [0.717, 1.165) is 24.4 Å². The molecule has 12 heavy (non-hydrogen) atoms. The highest BCUT2D eigenvalue weighted by molar-refractivity contribution is 5.09. The van der Waals surface area contributed by atoms with Gasteiger partial charge in [-0.15, -0.1) is 0 Å². The lowest BCUT2D eigenvalue weighted by molar-refractivity contribution is -0.0395. The molecule has 70 valence electrons. The number of hydrogen-bond donors (Lipinski definition) is 1. The Morgan fingerprint density at radius 2 is 2.08 bits per heavy atom. The normalized spacial score (nSPS) is 43.8. The molecule has 3 atom stereocenters. The van der Waals surface area contributed by atoms with Gasteiger partial charge in [-0.25, -0.2) is 0 Å². The number of fused-ring (bicyclic) bond motifs is 1. The molecule has 0 aromatic rings. The molecular formula is C11H21N. The minimum absolute atomic E-state index is 0.581. The topological polar surface area (TPSA) is 12.0 Å². The van der Waals surface area contributed by atoms with Crippen molar-refractivity contribution in [3.8, 4) is 0 Å². The fourth-order valence-electron chi connectivity index (χ4n) is 3.61. The molecule has 0 bridgehead atoms. The van der Waals surface area contributed by atoms with Crippen LogP contribution >= 0.6 is 0 Å². The average molecular weight is 167 g/mol. The van der Waals surface area contributed by atoms with Gasteiger partial charge in [0.25, 0.3) is 0 Å². The molecule has 2 saturated carbocycles. The second-order valence-electron chi connectivity index (χ2n) is 5.06. The summed E-state index contributed by atoms with van der Waals surface area (Å²) in [7, 11) is 0. The summed E-state index contributed by atoms with van der Waals surface area (Å²) < 4.78 is 0. The van der Waals surface area contributed by atoms with Crippen molar-refractivity contribution >= 4 is 0 Å². The lowest BCUT2D eigenvalue weighted by Gasteiger charge is -2.56. The average Bonchev–Trinajstić information content (AvgIpc) is 2.46. The predicted molar refractivity (Wildman–Crippen MR) is 52.1 cm³/mol. The van der Waals surface area contributed by atoms with Gasteiger partial charge in [0, 0.05) is 6.04 Å². The van der Waals surface area contributed by atoms with Gasteiger partial charge in [-0.3, -0.25) is 0 Å². The van der Waals surface area contributed by atoms with Crippen molar-refractivity contribution in [3.05, 3.63) is 0 Å². The lowest BCUT2D eigenvalue weighted by Crippen LogP contribution is -2.62. The van der Waals surface area contributed by atoms with Crippen LogP contribution in [0.1, 0.15) is 40.0 Å². The van der Waals surface area contributed by atoms with Crippen molar-refractivity contribution in [2.24, 2.45) is 17.3 Å². The SMILES string of the molecule is CCNC1C2CCCC2C1(C)C. The van der Waals surface area contributed by atoms with Crippen molar-refractivity contribution in [3.63, 3.8) is 0 Å². The summed E-state index contributed by atoms with van der Waals surface area (Å²) in [6.45, 7) is 8.23. The van der Waals surface area contributed by atoms with Gasteiger partial charge in [-0.2, -0.15) is 0 Å². The van der Waals surface area contributed by atoms with Gasteiger partial charge in [0.15, 0.2) is 0 Å². The smallest absolute Gasteiger partial charge is 0.0152 e. The molecule has 2 fully saturated rings. The van der Waals surface area contributed by atoms with E-state index in [2.05, 4.69) is 26.1 Å². The zero-order valence-corrected chi connectivity index (χ0v) is 8.56. The summed E-state index contributed by atoms with van der Waals surface area (Å²) in [5.41, 5.74) is 0.581. The van der Waals surface area contributed by atoms with Crippen LogP contribution in [0, 0.1) is 17.3 Å². The summed E-state index contributed by atoms with van der Waals surface area (Å²) in [6.07, 6.45) is 4.44. The van der Waals surface area contributed by atoms with Gasteiger partial charge in [0.2, 0.25) is 0 Å². The van der Waals surface area contributed by atoms with Crippen molar-refractivity contribution < 1.29 is 0 Å². The van der Waals surface area contributed by atoms with Crippen LogP contribution in [0.4, 0.5) is 0 Å². The van der Waals surface area contributed by atoms with Crippen LogP contribution in [0.3, 0.4) is 0 Å². The molecule has 0 spiro atoms. The highest BCUT2D eigenvalue weighted by atomic mass is 15.0. The Morgan fingerprint density at radius 1 is 1.33 bits per heavy atom. The van der Waals surface area contributed by atoms with Gasteiger partial charge in [0.05, 0.1) is 0 Å². The Balaban J connectivity index is 2.04. The monoisotopic (exact) mass is 167 g/mol. The summed E-state index contributed by atoms with van der Waals surface area (Å²) in [6, 6.07) is 0.815. The molecule has 2 aliphatic carbocycles. The molecule has 0 aliphatic heterocycles. The lowest BCUT2D eigenvalue weighted by atomic mass is 9.53. The minimum Gasteiger partial charge on any atom is -0.313 e. The van der Waals surface area contributed by atoms with Crippen molar-refractivity contribution in [1.82, 2.24) is 5.32 Å². The van der Waals surface area contributed by atoms with Crippen molar-refractivity contribution in [2.75, 3.05) is 6.54 Å². The summed E-state index contributed by atoms with van der Waals surface area (Å²) in [5.74, 6) is 2.04. The van der Waals surface area contributed by atoms with Crippen LogP contribution in [0.25, 0.3) is 0 Å². The first-order valence-electron chi connectivity index (χ1n) is 5.41. The van der Waals surface area contributed by atoms with E-state index in [1.165, 1.54) is 19.3 Å². The van der Waals surface area contributed by atoms with E-state index in [-0.39, 0.29) is 0 Å². The Hall–Kier alpha value is -0.0400. The van der Waals surface area contributed by atoms with E-state index in [0.29, 0.717) is 5.41 Å². The Morgan fingerprint density at radius 3 is 2.75 bits per heavy atom. The first-order valence-corrected chi connectivity index (χ1v) is 5.41. The molecule has 1 N–H and O–H groups in total. The van der Waals surface area contributed by atoms with E-state index < -0.39 is 0 Å². The second kappa shape index (κ2) is 2.73. The largest absolute Gasteiger partial charge is 0.313 e. The number of nitrogens with one attached hydrogen (secondary N) is 1. The summed E-state index contributed by atoms with van der Waals surface area (Å²) in [4.78, 5) is 0. The molecule has 3 unspecified atom stereocenters. The van der Waals surface area contributed by atoms with Crippen LogP contribution in [0.15, 0.2) is 0 Å². The molecule has 1 nitrogen and oxygen atoms in total. The minimum atomic E-state index is 0.581. The fraction of sp³-hybridized carbons (Fsp3) is 1.00. The third-order valence-electron chi connectivity index (χ3n) is 4.18. The van der Waals surface area contributed by atoms with Crippen LogP contribution in [-0.4, -0.2) is 12.6 Å². The third kappa shape index (κ3) is 0.953. The standard InChI is InChI=1S/C11H21N/c1-4-12-10-8-6-5-7-9(8)11(10,2)3/h8-10,12H,4-7H2,1-3H3. The van der Waals surface area contributed by atoms with Gasteiger partial charge in [-0.05, 0) is 36.6 Å². The maximum atomic E-state index is 3.64. The van der Waals surface area contributed by atoms with E-state index in [1.54, 1.807) is 0 Å².